The van der Waals surface area contributed by atoms with Crippen LogP contribution < -0.4 is 0 Å². The molecule has 1 unspecified atom stereocenters. The summed E-state index contributed by atoms with van der Waals surface area (Å²) in [5.74, 6) is 0. The molecular weight excluding hydrogens is 250 g/mol. The molecule has 0 fully saturated rings. The predicted octanol–water partition coefficient (Wildman–Crippen LogP) is 2.19. The summed E-state index contributed by atoms with van der Waals surface area (Å²) < 4.78 is 1.26. The molecule has 1 aromatic heterocycles. The summed E-state index contributed by atoms with van der Waals surface area (Å²) in [7, 11) is 0. The Kier molecular flexibility index (Phi) is 2.00. The number of aromatic nitrogens is 2. The van der Waals surface area contributed by atoms with E-state index in [9.17, 15) is 0 Å². The van der Waals surface area contributed by atoms with Gasteiger partial charge >= 0.3 is 0 Å². The van der Waals surface area contributed by atoms with Crippen LogP contribution >= 0.6 is 34.2 Å². The smallest absolute Gasteiger partial charge is 0.183 e. The summed E-state index contributed by atoms with van der Waals surface area (Å²) in [4.78, 5) is 0. The fourth-order valence-corrected chi connectivity index (χ4v) is 0.886. The molecule has 0 saturated heterocycles. The second-order valence-electron chi connectivity index (χ2n) is 1.79. The molecular formula is C5H6ClIN2. The molecule has 0 amide bonds. The minimum atomic E-state index is -0.429. The lowest BCUT2D eigenvalue weighted by molar-refractivity contribution is 0.610. The Morgan fingerprint density at radius 2 is 2.44 bits per heavy atom. The van der Waals surface area contributed by atoms with Crippen molar-refractivity contribution in [3.8, 4) is 0 Å². The summed E-state index contributed by atoms with van der Waals surface area (Å²) in [6.07, 6.45) is 3.54. The van der Waals surface area contributed by atoms with E-state index in [0.29, 0.717) is 0 Å². The molecule has 2 nitrogen and oxygen atoms in total. The Hall–Kier alpha value is 0.230. The number of nitrogens with zero attached hydrogens (tertiary/aromatic N) is 2. The van der Waals surface area contributed by atoms with Crippen LogP contribution in [0.25, 0.3) is 0 Å². The van der Waals surface area contributed by atoms with E-state index in [-0.39, 0.29) is 0 Å². The summed E-state index contributed by atoms with van der Waals surface area (Å²) in [5.41, 5.74) is 0. The maximum absolute atomic E-state index is 5.89. The third-order valence-corrected chi connectivity index (χ3v) is 1.57. The minimum Gasteiger partial charge on any atom is -0.242 e. The molecule has 9 heavy (non-hydrogen) atoms. The van der Waals surface area contributed by atoms with E-state index >= 15 is 0 Å². The molecule has 1 heterocycles. The van der Waals surface area contributed by atoms with Crippen LogP contribution in [-0.4, -0.2) is 9.78 Å². The lowest BCUT2D eigenvalue weighted by Gasteiger charge is -2.13. The van der Waals surface area contributed by atoms with E-state index in [1.54, 1.807) is 10.9 Å². The van der Waals surface area contributed by atoms with Crippen LogP contribution in [-0.2, 0) is 3.00 Å². The molecule has 0 spiro atoms. The highest BCUT2D eigenvalue weighted by Crippen LogP contribution is 2.27. The Balaban J connectivity index is 2.90. The van der Waals surface area contributed by atoms with E-state index < -0.39 is 3.00 Å². The van der Waals surface area contributed by atoms with Crippen molar-refractivity contribution in [2.45, 2.75) is 9.93 Å². The molecule has 4 heteroatoms. The topological polar surface area (TPSA) is 17.8 Å². The van der Waals surface area contributed by atoms with E-state index in [1.165, 1.54) is 0 Å². The molecule has 1 atom stereocenters. The van der Waals surface area contributed by atoms with Gasteiger partial charge in [-0.15, -0.1) is 0 Å². The maximum atomic E-state index is 5.89. The SMILES string of the molecule is CC(Cl)(I)n1cccn1. The molecule has 0 radical (unpaired) electrons. The Morgan fingerprint density at radius 3 is 2.67 bits per heavy atom. The van der Waals surface area contributed by atoms with Gasteiger partial charge in [-0.05, 0) is 35.6 Å². The Morgan fingerprint density at radius 1 is 1.78 bits per heavy atom. The molecule has 50 valence electrons. The molecule has 1 rings (SSSR count). The van der Waals surface area contributed by atoms with Crippen LogP contribution in [0.4, 0.5) is 0 Å². The standard InChI is InChI=1S/C5H6ClIN2/c1-5(6,7)9-4-2-3-8-9/h2-4H,1H3. The van der Waals surface area contributed by atoms with Crippen LogP contribution in [0.2, 0.25) is 0 Å². The molecule has 1 aromatic rings. The van der Waals surface area contributed by atoms with Crippen LogP contribution in [0.5, 0.6) is 0 Å². The van der Waals surface area contributed by atoms with Gasteiger partial charge in [0, 0.05) is 12.4 Å². The van der Waals surface area contributed by atoms with E-state index in [0.717, 1.165) is 0 Å². The lowest BCUT2D eigenvalue weighted by Crippen LogP contribution is -2.14. The van der Waals surface area contributed by atoms with Gasteiger partial charge in [0.15, 0.2) is 3.00 Å². The average Bonchev–Trinajstić information content (AvgIpc) is 2.08. The van der Waals surface area contributed by atoms with Crippen LogP contribution in [0.15, 0.2) is 18.5 Å². The van der Waals surface area contributed by atoms with Crippen molar-refractivity contribution in [3.05, 3.63) is 18.5 Å². The zero-order chi connectivity index (χ0) is 6.91. The van der Waals surface area contributed by atoms with E-state index in [4.69, 9.17) is 11.6 Å². The molecule has 0 aliphatic rings. The van der Waals surface area contributed by atoms with E-state index in [2.05, 4.69) is 27.7 Å². The number of rotatable bonds is 1. The van der Waals surface area contributed by atoms with Crippen LogP contribution in [0, 0.1) is 0 Å². The number of alkyl halides is 2. The van der Waals surface area contributed by atoms with E-state index in [1.807, 2.05) is 19.2 Å². The molecule has 0 N–H and O–H groups in total. The third-order valence-electron chi connectivity index (χ3n) is 0.907. The normalized spacial score (nSPS) is 17.2. The van der Waals surface area contributed by atoms with Gasteiger partial charge in [-0.2, -0.15) is 5.10 Å². The number of halogens is 2. The molecule has 0 aromatic carbocycles. The first-order chi connectivity index (χ1) is 4.11. The minimum absolute atomic E-state index is 0.429. The van der Waals surface area contributed by atoms with Crippen LogP contribution in [0.1, 0.15) is 6.92 Å². The second kappa shape index (κ2) is 2.46. The van der Waals surface area contributed by atoms with Crippen molar-refractivity contribution in [2.24, 2.45) is 0 Å². The molecule has 0 aliphatic carbocycles. The quantitative estimate of drug-likeness (QED) is 0.556. The Labute approximate surface area is 72.3 Å². The third kappa shape index (κ3) is 1.82. The summed E-state index contributed by atoms with van der Waals surface area (Å²) in [5, 5.41) is 3.96. The highest BCUT2D eigenvalue weighted by Gasteiger charge is 2.16. The summed E-state index contributed by atoms with van der Waals surface area (Å²) in [6.45, 7) is 1.88. The lowest BCUT2D eigenvalue weighted by atomic mass is 10.7. The van der Waals surface area contributed by atoms with Gasteiger partial charge in [0.2, 0.25) is 0 Å². The van der Waals surface area contributed by atoms with Crippen molar-refractivity contribution in [3.63, 3.8) is 0 Å². The maximum Gasteiger partial charge on any atom is 0.183 e. The molecule has 0 bridgehead atoms. The first kappa shape index (κ1) is 7.34. The Bertz CT molecular complexity index is 177. The molecule has 0 saturated carbocycles. The van der Waals surface area contributed by atoms with Crippen molar-refractivity contribution in [1.82, 2.24) is 9.78 Å². The highest BCUT2D eigenvalue weighted by molar-refractivity contribution is 14.1. The fourth-order valence-electron chi connectivity index (χ4n) is 0.501. The van der Waals surface area contributed by atoms with Crippen molar-refractivity contribution in [1.29, 1.82) is 0 Å². The van der Waals surface area contributed by atoms with Gasteiger partial charge in [-0.25, -0.2) is 4.68 Å². The second-order valence-corrected chi connectivity index (χ2v) is 5.27. The van der Waals surface area contributed by atoms with Gasteiger partial charge in [0.05, 0.1) is 0 Å². The van der Waals surface area contributed by atoms with Gasteiger partial charge in [0.1, 0.15) is 0 Å². The average molecular weight is 256 g/mol. The zero-order valence-corrected chi connectivity index (χ0v) is 7.80. The highest BCUT2D eigenvalue weighted by atomic mass is 127. The van der Waals surface area contributed by atoms with Crippen LogP contribution in [0.3, 0.4) is 0 Å². The monoisotopic (exact) mass is 256 g/mol. The summed E-state index contributed by atoms with van der Waals surface area (Å²) in [6, 6.07) is 1.85. The number of hydrogen-bond donors (Lipinski definition) is 0. The van der Waals surface area contributed by atoms with Crippen molar-refractivity contribution >= 4 is 34.2 Å². The van der Waals surface area contributed by atoms with Crippen molar-refractivity contribution in [2.75, 3.05) is 0 Å². The van der Waals surface area contributed by atoms with Gasteiger partial charge < -0.3 is 0 Å². The first-order valence-electron chi connectivity index (χ1n) is 2.48. The number of hydrogen-bond acceptors (Lipinski definition) is 1. The van der Waals surface area contributed by atoms with Gasteiger partial charge in [-0.3, -0.25) is 0 Å². The predicted molar refractivity (Wildman–Crippen MR) is 45.7 cm³/mol. The fraction of sp³-hybridized carbons (Fsp3) is 0.400. The van der Waals surface area contributed by atoms with Gasteiger partial charge in [0.25, 0.3) is 0 Å². The zero-order valence-electron chi connectivity index (χ0n) is 4.88. The largest absolute Gasteiger partial charge is 0.242 e. The summed E-state index contributed by atoms with van der Waals surface area (Å²) >= 11 is 7.99. The first-order valence-corrected chi connectivity index (χ1v) is 3.94. The van der Waals surface area contributed by atoms with Crippen molar-refractivity contribution < 1.29 is 0 Å². The molecule has 0 aliphatic heterocycles. The van der Waals surface area contributed by atoms with Gasteiger partial charge in [-0.1, -0.05) is 11.6 Å².